The van der Waals surface area contributed by atoms with E-state index >= 15 is 0 Å². The van der Waals surface area contributed by atoms with Crippen LogP contribution in [0.25, 0.3) is 11.6 Å². The minimum Gasteiger partial charge on any atom is -0.461 e. The predicted octanol–water partition coefficient (Wildman–Crippen LogP) is 3.65. The Morgan fingerprint density at radius 1 is 1.19 bits per heavy atom. The molecule has 7 heteroatoms. The predicted molar refractivity (Wildman–Crippen MR) is 74.6 cm³/mol. The number of aromatic nitrogens is 3. The zero-order valence-electron chi connectivity index (χ0n) is 11.1. The van der Waals surface area contributed by atoms with E-state index < -0.39 is 11.6 Å². The van der Waals surface area contributed by atoms with E-state index in [9.17, 15) is 8.78 Å². The topological polar surface area (TPSA) is 43.9 Å². The highest BCUT2D eigenvalue weighted by molar-refractivity contribution is 7.98. The van der Waals surface area contributed by atoms with Crippen LogP contribution in [0, 0.1) is 11.6 Å². The van der Waals surface area contributed by atoms with Crippen molar-refractivity contribution in [2.75, 3.05) is 0 Å². The largest absolute Gasteiger partial charge is 0.461 e. The average molecular weight is 307 g/mol. The lowest BCUT2D eigenvalue weighted by molar-refractivity contribution is 0.507. The fourth-order valence-corrected chi connectivity index (χ4v) is 2.69. The summed E-state index contributed by atoms with van der Waals surface area (Å²) in [6.45, 7) is 0. The van der Waals surface area contributed by atoms with E-state index in [-0.39, 0.29) is 0 Å². The van der Waals surface area contributed by atoms with Gasteiger partial charge >= 0.3 is 0 Å². The third kappa shape index (κ3) is 2.82. The van der Waals surface area contributed by atoms with Gasteiger partial charge in [0.05, 0.1) is 6.26 Å². The molecule has 0 saturated carbocycles. The first-order chi connectivity index (χ1) is 10.1. The van der Waals surface area contributed by atoms with Crippen molar-refractivity contribution in [3.63, 3.8) is 0 Å². The molecule has 0 unspecified atom stereocenters. The van der Waals surface area contributed by atoms with Crippen LogP contribution in [0.1, 0.15) is 5.56 Å². The highest BCUT2D eigenvalue weighted by Gasteiger charge is 2.13. The Kier molecular flexibility index (Phi) is 3.74. The number of hydrogen-bond donors (Lipinski definition) is 0. The van der Waals surface area contributed by atoms with E-state index in [0.29, 0.717) is 28.1 Å². The number of nitrogens with zero attached hydrogens (tertiary/aromatic N) is 3. The highest BCUT2D eigenvalue weighted by atomic mass is 32.2. The lowest BCUT2D eigenvalue weighted by Crippen LogP contribution is -1.94. The van der Waals surface area contributed by atoms with Crippen molar-refractivity contribution in [2.45, 2.75) is 10.9 Å². The molecular formula is C14H11F2N3OS. The Balaban J connectivity index is 1.75. The molecule has 0 bridgehead atoms. The maximum absolute atomic E-state index is 13.1. The molecule has 0 fully saturated rings. The van der Waals surface area contributed by atoms with E-state index in [1.54, 1.807) is 29.0 Å². The molecule has 0 atom stereocenters. The molecule has 108 valence electrons. The molecule has 2 aromatic heterocycles. The molecule has 2 heterocycles. The van der Waals surface area contributed by atoms with Crippen molar-refractivity contribution in [3.8, 4) is 11.6 Å². The van der Waals surface area contributed by atoms with Crippen molar-refractivity contribution in [2.24, 2.45) is 7.05 Å². The van der Waals surface area contributed by atoms with Crippen LogP contribution in [0.3, 0.4) is 0 Å². The fourth-order valence-electron chi connectivity index (χ4n) is 1.84. The smallest absolute Gasteiger partial charge is 0.200 e. The van der Waals surface area contributed by atoms with Gasteiger partial charge < -0.3 is 8.98 Å². The van der Waals surface area contributed by atoms with Crippen LogP contribution in [0.4, 0.5) is 8.78 Å². The second-order valence-electron chi connectivity index (χ2n) is 4.38. The van der Waals surface area contributed by atoms with Gasteiger partial charge in [-0.15, -0.1) is 10.2 Å². The van der Waals surface area contributed by atoms with Crippen LogP contribution in [-0.4, -0.2) is 14.8 Å². The summed E-state index contributed by atoms with van der Waals surface area (Å²) in [5.41, 5.74) is 0.682. The number of thioether (sulfide) groups is 1. The minimum atomic E-state index is -0.845. The van der Waals surface area contributed by atoms with E-state index in [2.05, 4.69) is 10.2 Å². The summed E-state index contributed by atoms with van der Waals surface area (Å²) >= 11 is 1.39. The second-order valence-corrected chi connectivity index (χ2v) is 5.32. The second kappa shape index (κ2) is 5.69. The first-order valence-electron chi connectivity index (χ1n) is 6.15. The molecule has 0 aliphatic heterocycles. The van der Waals surface area contributed by atoms with Gasteiger partial charge in [-0.3, -0.25) is 0 Å². The van der Waals surface area contributed by atoms with Gasteiger partial charge in [-0.1, -0.05) is 17.8 Å². The van der Waals surface area contributed by atoms with E-state index in [1.165, 1.54) is 17.8 Å². The van der Waals surface area contributed by atoms with Gasteiger partial charge in [0.25, 0.3) is 0 Å². The summed E-state index contributed by atoms with van der Waals surface area (Å²) in [5.74, 6) is 0.0312. The lowest BCUT2D eigenvalue weighted by Gasteiger charge is -2.03. The molecule has 21 heavy (non-hydrogen) atoms. The first-order valence-corrected chi connectivity index (χ1v) is 7.13. The third-order valence-electron chi connectivity index (χ3n) is 2.93. The minimum absolute atomic E-state index is 0.474. The van der Waals surface area contributed by atoms with Gasteiger partial charge in [-0.05, 0) is 29.8 Å². The van der Waals surface area contributed by atoms with Crippen LogP contribution in [0.2, 0.25) is 0 Å². The normalized spacial score (nSPS) is 11.0. The quantitative estimate of drug-likeness (QED) is 0.690. The number of halogens is 2. The van der Waals surface area contributed by atoms with E-state index in [1.807, 2.05) is 7.05 Å². The summed E-state index contributed by atoms with van der Waals surface area (Å²) in [6, 6.07) is 7.43. The van der Waals surface area contributed by atoms with Crippen molar-refractivity contribution >= 4 is 11.8 Å². The van der Waals surface area contributed by atoms with Crippen LogP contribution in [0.15, 0.2) is 46.2 Å². The standard InChI is InChI=1S/C14H11F2N3OS/c1-19-13(12-3-2-6-20-12)17-18-14(19)21-8-9-4-5-10(15)11(16)7-9/h2-7H,8H2,1H3. The molecule has 0 aliphatic rings. The molecule has 3 aromatic rings. The molecule has 0 saturated heterocycles. The number of hydrogen-bond acceptors (Lipinski definition) is 4. The van der Waals surface area contributed by atoms with Gasteiger partial charge in [0.2, 0.25) is 0 Å². The van der Waals surface area contributed by atoms with Crippen LogP contribution < -0.4 is 0 Å². The Morgan fingerprint density at radius 3 is 2.76 bits per heavy atom. The summed E-state index contributed by atoms with van der Waals surface area (Å²) in [5, 5.41) is 8.81. The van der Waals surface area contributed by atoms with Gasteiger partial charge in [-0.2, -0.15) is 0 Å². The Bertz CT molecular complexity index is 756. The molecule has 0 aliphatic carbocycles. The van der Waals surface area contributed by atoms with Crippen molar-refractivity contribution < 1.29 is 13.2 Å². The van der Waals surface area contributed by atoms with E-state index in [4.69, 9.17) is 4.42 Å². The zero-order chi connectivity index (χ0) is 14.8. The number of furan rings is 1. The van der Waals surface area contributed by atoms with Crippen molar-refractivity contribution in [3.05, 3.63) is 53.8 Å². The molecular weight excluding hydrogens is 296 g/mol. The Hall–Kier alpha value is -2.15. The maximum Gasteiger partial charge on any atom is 0.200 e. The highest BCUT2D eigenvalue weighted by Crippen LogP contribution is 2.25. The van der Waals surface area contributed by atoms with Crippen molar-refractivity contribution in [1.82, 2.24) is 14.8 Å². The summed E-state index contributed by atoms with van der Waals surface area (Å²) in [4.78, 5) is 0. The van der Waals surface area contributed by atoms with Gasteiger partial charge in [0, 0.05) is 12.8 Å². The molecule has 0 spiro atoms. The fraction of sp³-hybridized carbons (Fsp3) is 0.143. The summed E-state index contributed by atoms with van der Waals surface area (Å²) < 4.78 is 33.1. The third-order valence-corrected chi connectivity index (χ3v) is 4.02. The number of rotatable bonds is 4. The number of benzene rings is 1. The zero-order valence-corrected chi connectivity index (χ0v) is 11.9. The first kappa shape index (κ1) is 13.8. The molecule has 4 nitrogen and oxygen atoms in total. The van der Waals surface area contributed by atoms with Crippen LogP contribution in [-0.2, 0) is 12.8 Å². The SMILES string of the molecule is Cn1c(SCc2ccc(F)c(F)c2)nnc1-c1ccco1. The van der Waals surface area contributed by atoms with E-state index in [0.717, 1.165) is 6.07 Å². The molecule has 0 amide bonds. The van der Waals surface area contributed by atoms with Gasteiger partial charge in [0.15, 0.2) is 28.4 Å². The molecule has 0 radical (unpaired) electrons. The van der Waals surface area contributed by atoms with Crippen LogP contribution in [0.5, 0.6) is 0 Å². The Labute approximate surface area is 123 Å². The molecule has 3 rings (SSSR count). The monoisotopic (exact) mass is 307 g/mol. The van der Waals surface area contributed by atoms with Crippen molar-refractivity contribution in [1.29, 1.82) is 0 Å². The Morgan fingerprint density at radius 2 is 2.05 bits per heavy atom. The maximum atomic E-state index is 13.1. The van der Waals surface area contributed by atoms with Gasteiger partial charge in [0.1, 0.15) is 0 Å². The summed E-state index contributed by atoms with van der Waals surface area (Å²) in [6.07, 6.45) is 1.57. The van der Waals surface area contributed by atoms with Crippen LogP contribution >= 0.6 is 11.8 Å². The van der Waals surface area contributed by atoms with Gasteiger partial charge in [-0.25, -0.2) is 8.78 Å². The molecule has 0 N–H and O–H groups in total. The summed E-state index contributed by atoms with van der Waals surface area (Å²) in [7, 11) is 1.82. The lowest BCUT2D eigenvalue weighted by atomic mass is 10.2. The molecule has 1 aromatic carbocycles. The average Bonchev–Trinajstić information content (AvgIpc) is 3.10.